The first-order valence-electron chi connectivity index (χ1n) is 8.31. The first-order valence-corrected chi connectivity index (χ1v) is 8.31. The van der Waals surface area contributed by atoms with Crippen molar-refractivity contribution in [1.29, 1.82) is 0 Å². The van der Waals surface area contributed by atoms with Gasteiger partial charge in [-0.3, -0.25) is 9.48 Å². The zero-order valence-corrected chi connectivity index (χ0v) is 14.2. The maximum atomic E-state index is 13.1. The van der Waals surface area contributed by atoms with Crippen molar-refractivity contribution in [2.45, 2.75) is 20.1 Å². The Kier molecular flexibility index (Phi) is 4.12. The number of fused-ring (bicyclic) bond motifs is 1. The molecule has 6 nitrogen and oxygen atoms in total. The molecule has 1 aromatic carbocycles. The summed E-state index contributed by atoms with van der Waals surface area (Å²) in [6.07, 6.45) is 0. The summed E-state index contributed by atoms with van der Waals surface area (Å²) in [5.41, 5.74) is 2.70. The van der Waals surface area contributed by atoms with E-state index in [0.717, 1.165) is 5.69 Å². The molecule has 1 aliphatic rings. The minimum atomic E-state index is -0.326. The molecule has 132 valence electrons. The Morgan fingerprint density at radius 3 is 2.73 bits per heavy atom. The van der Waals surface area contributed by atoms with Gasteiger partial charge in [0.1, 0.15) is 23.8 Å². The largest absolute Gasteiger partial charge is 0.471 e. The molecule has 0 spiro atoms. The van der Waals surface area contributed by atoms with Gasteiger partial charge in [0.15, 0.2) is 0 Å². The Hall–Kier alpha value is -3.22. The van der Waals surface area contributed by atoms with Gasteiger partial charge in [0.05, 0.1) is 6.54 Å². The van der Waals surface area contributed by atoms with E-state index in [1.165, 1.54) is 12.1 Å². The van der Waals surface area contributed by atoms with Gasteiger partial charge in [-0.15, -0.1) is 0 Å². The first kappa shape index (κ1) is 16.3. The number of carbonyl (C=O) groups is 1. The lowest BCUT2D eigenvalue weighted by atomic mass is 10.2. The van der Waals surface area contributed by atoms with E-state index in [1.807, 2.05) is 19.1 Å². The van der Waals surface area contributed by atoms with Gasteiger partial charge >= 0.3 is 0 Å². The quantitative estimate of drug-likeness (QED) is 0.724. The van der Waals surface area contributed by atoms with Crippen molar-refractivity contribution in [1.82, 2.24) is 14.8 Å². The van der Waals surface area contributed by atoms with Gasteiger partial charge in [-0.2, -0.15) is 5.10 Å². The van der Waals surface area contributed by atoms with Crippen LogP contribution in [0.1, 0.15) is 21.9 Å². The molecule has 0 saturated heterocycles. The maximum absolute atomic E-state index is 13.1. The van der Waals surface area contributed by atoms with Crippen LogP contribution in [-0.2, 0) is 13.2 Å². The summed E-state index contributed by atoms with van der Waals surface area (Å²) in [5.74, 6) is 0.0398. The predicted molar refractivity (Wildman–Crippen MR) is 93.6 cm³/mol. The number of pyridine rings is 1. The summed E-state index contributed by atoms with van der Waals surface area (Å²) in [4.78, 5) is 18.7. The molecule has 7 heteroatoms. The smallest absolute Gasteiger partial charge is 0.276 e. The van der Waals surface area contributed by atoms with Crippen molar-refractivity contribution in [3.63, 3.8) is 0 Å². The third-order valence-corrected chi connectivity index (χ3v) is 4.20. The summed E-state index contributed by atoms with van der Waals surface area (Å²) < 4.78 is 20.4. The molecule has 0 fully saturated rings. The van der Waals surface area contributed by atoms with Crippen LogP contribution in [0.25, 0.3) is 0 Å². The van der Waals surface area contributed by atoms with Crippen LogP contribution in [0, 0.1) is 12.7 Å². The number of aryl methyl sites for hydroxylation is 1. The molecule has 0 aliphatic carbocycles. The highest BCUT2D eigenvalue weighted by Gasteiger charge is 2.27. The highest BCUT2D eigenvalue weighted by Crippen LogP contribution is 2.22. The second-order valence-corrected chi connectivity index (χ2v) is 6.08. The van der Waals surface area contributed by atoms with Gasteiger partial charge in [0, 0.05) is 24.0 Å². The number of carbonyl (C=O) groups excluding carboxylic acids is 1. The molecule has 2 aromatic heterocycles. The normalized spacial score (nSPS) is 13.6. The van der Waals surface area contributed by atoms with Crippen molar-refractivity contribution in [3.05, 3.63) is 71.4 Å². The number of nitrogens with zero attached hydrogens (tertiary/aromatic N) is 4. The average Bonchev–Trinajstić information content (AvgIpc) is 3.06. The second-order valence-electron chi connectivity index (χ2n) is 6.08. The van der Waals surface area contributed by atoms with Gasteiger partial charge in [0.2, 0.25) is 5.88 Å². The van der Waals surface area contributed by atoms with Crippen LogP contribution in [-0.4, -0.2) is 27.2 Å². The molecule has 3 aromatic rings. The Balaban J connectivity index is 1.51. The molecule has 26 heavy (non-hydrogen) atoms. The van der Waals surface area contributed by atoms with Crippen LogP contribution in [0.3, 0.4) is 0 Å². The lowest BCUT2D eigenvalue weighted by Crippen LogP contribution is -2.40. The van der Waals surface area contributed by atoms with Crippen LogP contribution in [0.5, 0.6) is 5.88 Å². The van der Waals surface area contributed by atoms with Crippen LogP contribution in [0.4, 0.5) is 10.1 Å². The highest BCUT2D eigenvalue weighted by atomic mass is 19.1. The second kappa shape index (κ2) is 6.59. The number of anilines is 1. The molecule has 0 N–H and O–H groups in total. The fourth-order valence-corrected chi connectivity index (χ4v) is 2.93. The zero-order valence-electron chi connectivity index (χ0n) is 14.2. The fourth-order valence-electron chi connectivity index (χ4n) is 2.93. The summed E-state index contributed by atoms with van der Waals surface area (Å²) in [5, 5.41) is 4.44. The van der Waals surface area contributed by atoms with Crippen LogP contribution >= 0.6 is 0 Å². The van der Waals surface area contributed by atoms with Crippen molar-refractivity contribution >= 4 is 11.6 Å². The van der Waals surface area contributed by atoms with Gasteiger partial charge in [-0.1, -0.05) is 6.07 Å². The number of amides is 1. The number of halogens is 1. The number of ether oxygens (including phenoxy) is 1. The Bertz CT molecular complexity index is 952. The molecule has 0 radical (unpaired) electrons. The minimum absolute atomic E-state index is 0.157. The standard InChI is InChI=1S/C19H17FN4O2/c1-13-3-2-4-18(21-13)26-12-15-11-17-19(25)23(9-10-24(17)22-15)16-7-5-14(20)6-8-16/h2-8,11H,9-10,12H2,1H3. The number of aromatic nitrogens is 3. The SMILES string of the molecule is Cc1cccc(OCc2cc3n(n2)CCN(c2ccc(F)cc2)C3=O)n1. The third kappa shape index (κ3) is 3.15. The first-order chi connectivity index (χ1) is 12.6. The molecule has 1 amide bonds. The predicted octanol–water partition coefficient (Wildman–Crippen LogP) is 2.97. The van der Waals surface area contributed by atoms with Crippen LogP contribution in [0.2, 0.25) is 0 Å². The lowest BCUT2D eigenvalue weighted by Gasteiger charge is -2.27. The molecule has 0 atom stereocenters. The van der Waals surface area contributed by atoms with Crippen molar-refractivity contribution in [2.24, 2.45) is 0 Å². The Labute approximate surface area is 149 Å². The molecule has 0 bridgehead atoms. The fraction of sp³-hybridized carbons (Fsp3) is 0.211. The minimum Gasteiger partial charge on any atom is -0.471 e. The molecule has 1 aliphatic heterocycles. The van der Waals surface area contributed by atoms with E-state index in [4.69, 9.17) is 4.74 Å². The Morgan fingerprint density at radius 2 is 1.96 bits per heavy atom. The Morgan fingerprint density at radius 1 is 1.15 bits per heavy atom. The number of hydrogen-bond donors (Lipinski definition) is 0. The molecule has 4 rings (SSSR count). The number of rotatable bonds is 4. The van der Waals surface area contributed by atoms with E-state index in [-0.39, 0.29) is 18.3 Å². The molecule has 3 heterocycles. The van der Waals surface area contributed by atoms with Gasteiger partial charge in [0.25, 0.3) is 5.91 Å². The number of hydrogen-bond acceptors (Lipinski definition) is 4. The van der Waals surface area contributed by atoms with Crippen LogP contribution in [0.15, 0.2) is 48.5 Å². The van der Waals surface area contributed by atoms with E-state index >= 15 is 0 Å². The van der Waals surface area contributed by atoms with Crippen LogP contribution < -0.4 is 9.64 Å². The van der Waals surface area contributed by atoms with Crippen molar-refractivity contribution < 1.29 is 13.9 Å². The van der Waals surface area contributed by atoms with E-state index in [0.29, 0.717) is 36.0 Å². The van der Waals surface area contributed by atoms with Gasteiger partial charge in [-0.05, 0) is 43.3 Å². The monoisotopic (exact) mass is 352 g/mol. The van der Waals surface area contributed by atoms with E-state index in [1.54, 1.807) is 33.8 Å². The molecular formula is C19H17FN4O2. The summed E-state index contributed by atoms with van der Waals surface area (Å²) in [6.45, 7) is 3.19. The average molecular weight is 352 g/mol. The van der Waals surface area contributed by atoms with E-state index in [9.17, 15) is 9.18 Å². The molecular weight excluding hydrogens is 335 g/mol. The highest BCUT2D eigenvalue weighted by molar-refractivity contribution is 6.05. The van der Waals surface area contributed by atoms with Gasteiger partial charge in [-0.25, -0.2) is 9.37 Å². The maximum Gasteiger partial charge on any atom is 0.276 e. The van der Waals surface area contributed by atoms with Gasteiger partial charge < -0.3 is 9.64 Å². The number of benzene rings is 1. The summed E-state index contributed by atoms with van der Waals surface area (Å²) in [7, 11) is 0. The third-order valence-electron chi connectivity index (χ3n) is 4.20. The zero-order chi connectivity index (χ0) is 18.1. The lowest BCUT2D eigenvalue weighted by molar-refractivity contribution is 0.0962. The summed E-state index contributed by atoms with van der Waals surface area (Å²) in [6, 6.07) is 13.2. The summed E-state index contributed by atoms with van der Waals surface area (Å²) >= 11 is 0. The van der Waals surface area contributed by atoms with Crippen molar-refractivity contribution in [3.8, 4) is 5.88 Å². The van der Waals surface area contributed by atoms with E-state index in [2.05, 4.69) is 10.1 Å². The molecule has 0 unspecified atom stereocenters. The van der Waals surface area contributed by atoms with Crippen molar-refractivity contribution in [2.75, 3.05) is 11.4 Å². The molecule has 0 saturated carbocycles. The van der Waals surface area contributed by atoms with E-state index < -0.39 is 0 Å². The topological polar surface area (TPSA) is 60.2 Å².